The Morgan fingerprint density at radius 3 is 2.30 bits per heavy atom. The van der Waals surface area contributed by atoms with E-state index < -0.39 is 0 Å². The maximum absolute atomic E-state index is 6.05. The van der Waals surface area contributed by atoms with Crippen LogP contribution >= 0.6 is 11.6 Å². The smallest absolute Gasteiger partial charge is 0.0409 e. The molecule has 1 atom stereocenters. The fourth-order valence-corrected chi connectivity index (χ4v) is 2.84. The maximum atomic E-state index is 6.05. The fourth-order valence-electron chi connectivity index (χ4n) is 2.64. The molecule has 0 spiro atoms. The van der Waals surface area contributed by atoms with Gasteiger partial charge >= 0.3 is 0 Å². The monoisotopic (exact) mass is 287 g/mol. The summed E-state index contributed by atoms with van der Waals surface area (Å²) in [5, 5.41) is 4.38. The highest BCUT2D eigenvalue weighted by Crippen LogP contribution is 2.20. The van der Waals surface area contributed by atoms with Crippen LogP contribution in [0.15, 0.2) is 36.4 Å². The van der Waals surface area contributed by atoms with E-state index in [1.54, 1.807) is 0 Å². The molecule has 0 radical (unpaired) electrons. The number of benzene rings is 2. The van der Waals surface area contributed by atoms with Crippen molar-refractivity contribution < 1.29 is 0 Å². The summed E-state index contributed by atoms with van der Waals surface area (Å²) in [6.45, 7) is 9.56. The van der Waals surface area contributed by atoms with E-state index in [4.69, 9.17) is 11.6 Å². The normalized spacial score (nSPS) is 12.4. The van der Waals surface area contributed by atoms with Crippen LogP contribution in [0.4, 0.5) is 0 Å². The summed E-state index contributed by atoms with van der Waals surface area (Å²) < 4.78 is 0. The van der Waals surface area contributed by atoms with E-state index >= 15 is 0 Å². The number of aryl methyl sites for hydroxylation is 3. The minimum atomic E-state index is 0.286. The van der Waals surface area contributed by atoms with E-state index in [1.165, 1.54) is 27.8 Å². The molecule has 0 saturated heterocycles. The molecule has 2 heteroatoms. The first kappa shape index (κ1) is 15.1. The maximum Gasteiger partial charge on any atom is 0.0409 e. The number of hydrogen-bond donors (Lipinski definition) is 1. The second-order valence-electron chi connectivity index (χ2n) is 5.53. The average molecular weight is 288 g/mol. The lowest BCUT2D eigenvalue weighted by atomic mass is 9.99. The third kappa shape index (κ3) is 3.62. The summed E-state index contributed by atoms with van der Waals surface area (Å²) in [5.41, 5.74) is 6.65. The number of halogens is 1. The first-order valence-corrected chi connectivity index (χ1v) is 7.40. The summed E-state index contributed by atoms with van der Waals surface area (Å²) in [7, 11) is 0. The zero-order valence-electron chi connectivity index (χ0n) is 12.6. The average Bonchev–Trinajstić information content (AvgIpc) is 2.37. The Morgan fingerprint density at radius 1 is 1.05 bits per heavy atom. The van der Waals surface area contributed by atoms with E-state index in [0.29, 0.717) is 0 Å². The summed E-state index contributed by atoms with van der Waals surface area (Å²) in [4.78, 5) is 0. The van der Waals surface area contributed by atoms with Crippen molar-refractivity contribution in [2.75, 3.05) is 0 Å². The predicted molar refractivity (Wildman–Crippen MR) is 87.4 cm³/mol. The van der Waals surface area contributed by atoms with Crippen LogP contribution in [0.1, 0.15) is 40.8 Å². The van der Waals surface area contributed by atoms with Crippen LogP contribution in [0.5, 0.6) is 0 Å². The molecule has 1 unspecified atom stereocenters. The molecule has 1 nitrogen and oxygen atoms in total. The van der Waals surface area contributed by atoms with Gasteiger partial charge in [0.2, 0.25) is 0 Å². The van der Waals surface area contributed by atoms with Crippen LogP contribution in [0, 0.1) is 20.8 Å². The lowest BCUT2D eigenvalue weighted by Crippen LogP contribution is -2.19. The minimum Gasteiger partial charge on any atom is -0.306 e. The van der Waals surface area contributed by atoms with Crippen molar-refractivity contribution in [3.63, 3.8) is 0 Å². The van der Waals surface area contributed by atoms with Gasteiger partial charge in [-0.1, -0.05) is 41.4 Å². The fraction of sp³-hybridized carbons (Fsp3) is 0.333. The second kappa shape index (κ2) is 6.43. The van der Waals surface area contributed by atoms with Crippen molar-refractivity contribution in [3.8, 4) is 0 Å². The van der Waals surface area contributed by atoms with Gasteiger partial charge in [0.25, 0.3) is 0 Å². The largest absolute Gasteiger partial charge is 0.306 e. The summed E-state index contributed by atoms with van der Waals surface area (Å²) in [6, 6.07) is 12.8. The van der Waals surface area contributed by atoms with Crippen molar-refractivity contribution in [1.29, 1.82) is 0 Å². The summed E-state index contributed by atoms with van der Waals surface area (Å²) in [6.07, 6.45) is 0. The Balaban J connectivity index is 2.09. The van der Waals surface area contributed by atoms with Crippen LogP contribution < -0.4 is 5.32 Å². The lowest BCUT2D eigenvalue weighted by molar-refractivity contribution is 0.572. The lowest BCUT2D eigenvalue weighted by Gasteiger charge is -2.17. The van der Waals surface area contributed by atoms with Crippen LogP contribution in [0.2, 0.25) is 5.02 Å². The topological polar surface area (TPSA) is 12.0 Å². The van der Waals surface area contributed by atoms with Gasteiger partial charge in [0.1, 0.15) is 0 Å². The Hall–Kier alpha value is -1.31. The Bertz CT molecular complexity index is 581. The molecule has 0 aliphatic heterocycles. The molecule has 2 aromatic carbocycles. The molecule has 0 saturated carbocycles. The van der Waals surface area contributed by atoms with Gasteiger partial charge < -0.3 is 5.32 Å². The third-order valence-corrected chi connectivity index (χ3v) is 4.01. The number of nitrogens with one attached hydrogen (secondary N) is 1. The molecule has 20 heavy (non-hydrogen) atoms. The van der Waals surface area contributed by atoms with Crippen LogP contribution in [-0.4, -0.2) is 0 Å². The highest BCUT2D eigenvalue weighted by Gasteiger charge is 2.08. The summed E-state index contributed by atoms with van der Waals surface area (Å²) in [5.74, 6) is 0. The SMILES string of the molecule is Cc1cc(C)c(CNC(C)c2cccc(Cl)c2)c(C)c1. The third-order valence-electron chi connectivity index (χ3n) is 3.77. The zero-order valence-corrected chi connectivity index (χ0v) is 13.4. The standard InChI is InChI=1S/C18H22ClN/c1-12-8-13(2)18(14(3)9-12)11-20-15(4)16-6-5-7-17(19)10-16/h5-10,15,20H,11H2,1-4H3. The second-order valence-corrected chi connectivity index (χ2v) is 5.97. The first-order chi connectivity index (χ1) is 9.47. The van der Waals surface area contributed by atoms with Crippen LogP contribution in [0.25, 0.3) is 0 Å². The van der Waals surface area contributed by atoms with Crippen molar-refractivity contribution in [2.24, 2.45) is 0 Å². The first-order valence-electron chi connectivity index (χ1n) is 7.03. The molecule has 0 aliphatic rings. The van der Waals surface area contributed by atoms with Gasteiger partial charge in [-0.3, -0.25) is 0 Å². The molecule has 106 valence electrons. The quantitative estimate of drug-likeness (QED) is 0.823. The highest BCUT2D eigenvalue weighted by molar-refractivity contribution is 6.30. The Labute approximate surface area is 127 Å². The van der Waals surface area contributed by atoms with Crippen LogP contribution in [-0.2, 0) is 6.54 Å². The molecular weight excluding hydrogens is 266 g/mol. The molecular formula is C18H22ClN. The van der Waals surface area contributed by atoms with Crippen molar-refractivity contribution in [2.45, 2.75) is 40.3 Å². The molecule has 2 aromatic rings. The van der Waals surface area contributed by atoms with Gasteiger partial charge in [-0.2, -0.15) is 0 Å². The molecule has 2 rings (SSSR count). The van der Waals surface area contributed by atoms with Crippen molar-refractivity contribution in [3.05, 3.63) is 69.2 Å². The molecule has 0 fully saturated rings. The van der Waals surface area contributed by atoms with Gasteiger partial charge in [-0.25, -0.2) is 0 Å². The predicted octanol–water partition coefficient (Wildman–Crippen LogP) is 5.12. The summed E-state index contributed by atoms with van der Waals surface area (Å²) >= 11 is 6.05. The van der Waals surface area contributed by atoms with E-state index in [9.17, 15) is 0 Å². The van der Waals surface area contributed by atoms with E-state index in [1.807, 2.05) is 18.2 Å². The van der Waals surface area contributed by atoms with E-state index in [0.717, 1.165) is 11.6 Å². The van der Waals surface area contributed by atoms with Gasteiger partial charge in [0.15, 0.2) is 0 Å². The number of rotatable bonds is 4. The highest BCUT2D eigenvalue weighted by atomic mass is 35.5. The van der Waals surface area contributed by atoms with Crippen LogP contribution in [0.3, 0.4) is 0 Å². The molecule has 0 aliphatic carbocycles. The molecule has 1 N–H and O–H groups in total. The van der Waals surface area contributed by atoms with E-state index in [-0.39, 0.29) is 6.04 Å². The van der Waals surface area contributed by atoms with Gasteiger partial charge in [-0.05, 0) is 62.1 Å². The zero-order chi connectivity index (χ0) is 14.7. The molecule has 0 amide bonds. The van der Waals surface area contributed by atoms with Gasteiger partial charge in [-0.15, -0.1) is 0 Å². The van der Waals surface area contributed by atoms with E-state index in [2.05, 4.69) is 51.2 Å². The minimum absolute atomic E-state index is 0.286. The van der Waals surface area contributed by atoms with Crippen molar-refractivity contribution >= 4 is 11.6 Å². The molecule has 0 aromatic heterocycles. The van der Waals surface area contributed by atoms with Crippen molar-refractivity contribution in [1.82, 2.24) is 5.32 Å². The Kier molecular flexibility index (Phi) is 4.85. The molecule has 0 bridgehead atoms. The molecule has 0 heterocycles. The van der Waals surface area contributed by atoms with Gasteiger partial charge in [0.05, 0.1) is 0 Å². The number of hydrogen-bond acceptors (Lipinski definition) is 1. The Morgan fingerprint density at radius 2 is 1.70 bits per heavy atom. The van der Waals surface area contributed by atoms with Gasteiger partial charge in [0, 0.05) is 17.6 Å².